The molecule has 3 heteroatoms. The molecule has 1 aromatic carbocycles. The van der Waals surface area contributed by atoms with Gasteiger partial charge in [-0.2, -0.15) is 0 Å². The number of aliphatic hydroxyl groups is 1. The third-order valence-electron chi connectivity index (χ3n) is 2.85. The number of rotatable bonds is 4. The molecule has 0 unspecified atom stereocenters. The summed E-state index contributed by atoms with van der Waals surface area (Å²) in [5.41, 5.74) is -0.527. The van der Waals surface area contributed by atoms with Gasteiger partial charge in [0.1, 0.15) is 11.6 Å². The van der Waals surface area contributed by atoms with Gasteiger partial charge in [-0.15, -0.1) is 0 Å². The van der Waals surface area contributed by atoms with Gasteiger partial charge < -0.3 is 5.11 Å². The lowest BCUT2D eigenvalue weighted by Crippen LogP contribution is -2.29. The summed E-state index contributed by atoms with van der Waals surface area (Å²) in [6, 6.07) is 3.45. The molecule has 1 aromatic rings. The lowest BCUT2D eigenvalue weighted by molar-refractivity contribution is 0.0318. The van der Waals surface area contributed by atoms with Crippen molar-refractivity contribution in [1.29, 1.82) is 0 Å². The summed E-state index contributed by atoms with van der Waals surface area (Å²) in [4.78, 5) is 0. The van der Waals surface area contributed by atoms with E-state index in [9.17, 15) is 13.9 Å². The summed E-state index contributed by atoms with van der Waals surface area (Å²) in [5, 5.41) is 10.0. The van der Waals surface area contributed by atoms with E-state index in [1.807, 2.05) is 13.8 Å². The van der Waals surface area contributed by atoms with Gasteiger partial charge >= 0.3 is 0 Å². The van der Waals surface area contributed by atoms with Crippen molar-refractivity contribution in [2.45, 2.75) is 38.7 Å². The molecule has 0 saturated carbocycles. The fourth-order valence-corrected chi connectivity index (χ4v) is 1.52. The lowest BCUT2D eigenvalue weighted by Gasteiger charge is -2.25. The van der Waals surface area contributed by atoms with Gasteiger partial charge in [0, 0.05) is 12.5 Å². The molecule has 0 aliphatic heterocycles. The summed E-state index contributed by atoms with van der Waals surface area (Å²) in [7, 11) is 0. The van der Waals surface area contributed by atoms with E-state index in [0.717, 1.165) is 6.07 Å². The average molecular weight is 214 g/mol. The predicted molar refractivity (Wildman–Crippen MR) is 55.6 cm³/mol. The highest BCUT2D eigenvalue weighted by Gasteiger charge is 2.24. The van der Waals surface area contributed by atoms with E-state index in [1.54, 1.807) is 0 Å². The van der Waals surface area contributed by atoms with Crippen LogP contribution < -0.4 is 0 Å². The maximum Gasteiger partial charge on any atom is 0.129 e. The Morgan fingerprint density at radius 1 is 1.20 bits per heavy atom. The molecule has 15 heavy (non-hydrogen) atoms. The van der Waals surface area contributed by atoms with Crippen molar-refractivity contribution in [2.24, 2.45) is 0 Å². The molecule has 0 radical (unpaired) electrons. The van der Waals surface area contributed by atoms with E-state index in [1.165, 1.54) is 12.1 Å². The second kappa shape index (κ2) is 4.71. The molecule has 0 spiro atoms. The summed E-state index contributed by atoms with van der Waals surface area (Å²) < 4.78 is 25.9. The number of halogens is 2. The minimum absolute atomic E-state index is 0.228. The average Bonchev–Trinajstić information content (AvgIpc) is 2.22. The molecule has 0 atom stereocenters. The van der Waals surface area contributed by atoms with Gasteiger partial charge in [-0.1, -0.05) is 19.9 Å². The molecule has 0 saturated heterocycles. The quantitative estimate of drug-likeness (QED) is 0.816. The molecule has 0 fully saturated rings. The van der Waals surface area contributed by atoms with Crippen molar-refractivity contribution >= 4 is 0 Å². The molecule has 1 rings (SSSR count). The van der Waals surface area contributed by atoms with E-state index < -0.39 is 17.2 Å². The Labute approximate surface area is 88.7 Å². The molecule has 84 valence electrons. The normalized spacial score (nSPS) is 11.8. The van der Waals surface area contributed by atoms with Crippen molar-refractivity contribution in [3.8, 4) is 0 Å². The molecule has 0 aliphatic carbocycles. The van der Waals surface area contributed by atoms with Crippen molar-refractivity contribution in [2.75, 3.05) is 0 Å². The van der Waals surface area contributed by atoms with E-state index in [0.29, 0.717) is 18.4 Å². The van der Waals surface area contributed by atoms with Crippen LogP contribution in [0.4, 0.5) is 8.78 Å². The van der Waals surface area contributed by atoms with Gasteiger partial charge in [0.25, 0.3) is 0 Å². The van der Waals surface area contributed by atoms with Gasteiger partial charge in [0.05, 0.1) is 5.60 Å². The van der Waals surface area contributed by atoms with E-state index in [-0.39, 0.29) is 6.42 Å². The SMILES string of the molecule is CCC(O)(CC)Cc1ccc(F)cc1F. The van der Waals surface area contributed by atoms with Crippen LogP contribution in [0.1, 0.15) is 32.3 Å². The van der Waals surface area contributed by atoms with E-state index >= 15 is 0 Å². The molecule has 0 aromatic heterocycles. The van der Waals surface area contributed by atoms with Crippen molar-refractivity contribution in [3.63, 3.8) is 0 Å². The minimum Gasteiger partial charge on any atom is -0.390 e. The summed E-state index contributed by atoms with van der Waals surface area (Å²) in [6.07, 6.45) is 1.34. The van der Waals surface area contributed by atoms with Gasteiger partial charge in [0.2, 0.25) is 0 Å². The largest absolute Gasteiger partial charge is 0.390 e. The molecule has 0 aliphatic rings. The first-order valence-corrected chi connectivity index (χ1v) is 5.17. The zero-order valence-corrected chi connectivity index (χ0v) is 9.06. The molecule has 0 bridgehead atoms. The van der Waals surface area contributed by atoms with Crippen LogP contribution in [0, 0.1) is 11.6 Å². The third kappa shape index (κ3) is 2.99. The lowest BCUT2D eigenvalue weighted by atomic mass is 9.89. The number of benzene rings is 1. The van der Waals surface area contributed by atoms with Crippen molar-refractivity contribution in [1.82, 2.24) is 0 Å². The van der Waals surface area contributed by atoms with Crippen LogP contribution in [0.15, 0.2) is 18.2 Å². The first kappa shape index (κ1) is 12.1. The fraction of sp³-hybridized carbons (Fsp3) is 0.500. The summed E-state index contributed by atoms with van der Waals surface area (Å²) >= 11 is 0. The Morgan fingerprint density at radius 3 is 2.27 bits per heavy atom. The van der Waals surface area contributed by atoms with Crippen LogP contribution in [0.5, 0.6) is 0 Å². The number of hydrogen-bond acceptors (Lipinski definition) is 1. The third-order valence-corrected chi connectivity index (χ3v) is 2.85. The molecule has 1 N–H and O–H groups in total. The Kier molecular flexibility index (Phi) is 3.80. The highest BCUT2D eigenvalue weighted by Crippen LogP contribution is 2.22. The molecule has 1 nitrogen and oxygen atoms in total. The monoisotopic (exact) mass is 214 g/mol. The smallest absolute Gasteiger partial charge is 0.129 e. The molecule has 0 heterocycles. The van der Waals surface area contributed by atoms with Crippen molar-refractivity contribution in [3.05, 3.63) is 35.4 Å². The van der Waals surface area contributed by atoms with Crippen LogP contribution in [0.2, 0.25) is 0 Å². The molecular weight excluding hydrogens is 198 g/mol. The van der Waals surface area contributed by atoms with Crippen molar-refractivity contribution < 1.29 is 13.9 Å². The Balaban J connectivity index is 2.89. The zero-order valence-electron chi connectivity index (χ0n) is 9.06. The van der Waals surface area contributed by atoms with Crippen LogP contribution in [0.3, 0.4) is 0 Å². The van der Waals surface area contributed by atoms with Crippen LogP contribution in [-0.4, -0.2) is 10.7 Å². The van der Waals surface area contributed by atoms with Crippen LogP contribution in [-0.2, 0) is 6.42 Å². The summed E-state index contributed by atoms with van der Waals surface area (Å²) in [5.74, 6) is -1.18. The highest BCUT2D eigenvalue weighted by atomic mass is 19.1. The maximum atomic E-state index is 13.3. The van der Waals surface area contributed by atoms with Gasteiger partial charge in [0.15, 0.2) is 0 Å². The maximum absolute atomic E-state index is 13.3. The van der Waals surface area contributed by atoms with Gasteiger partial charge in [-0.25, -0.2) is 8.78 Å². The zero-order chi connectivity index (χ0) is 11.5. The Hall–Kier alpha value is -0.960. The second-order valence-corrected chi connectivity index (χ2v) is 3.84. The fourth-order valence-electron chi connectivity index (χ4n) is 1.52. The topological polar surface area (TPSA) is 20.2 Å². The van der Waals surface area contributed by atoms with Gasteiger partial charge in [-0.05, 0) is 24.5 Å². The standard InChI is InChI=1S/C12H16F2O/c1-3-12(15,4-2)8-9-5-6-10(13)7-11(9)14/h5-7,15H,3-4,8H2,1-2H3. The van der Waals surface area contributed by atoms with E-state index in [2.05, 4.69) is 0 Å². The Bertz CT molecular complexity index is 332. The first-order valence-electron chi connectivity index (χ1n) is 5.17. The predicted octanol–water partition coefficient (Wildman–Crippen LogP) is 3.06. The summed E-state index contributed by atoms with van der Waals surface area (Å²) in [6.45, 7) is 3.70. The molecule has 0 amide bonds. The van der Waals surface area contributed by atoms with Crippen LogP contribution in [0.25, 0.3) is 0 Å². The second-order valence-electron chi connectivity index (χ2n) is 3.84. The van der Waals surface area contributed by atoms with Crippen LogP contribution >= 0.6 is 0 Å². The van der Waals surface area contributed by atoms with E-state index in [4.69, 9.17) is 0 Å². The number of hydrogen-bond donors (Lipinski definition) is 1. The minimum atomic E-state index is -0.890. The molecular formula is C12H16F2O. The highest BCUT2D eigenvalue weighted by molar-refractivity contribution is 5.20. The van der Waals surface area contributed by atoms with Gasteiger partial charge in [-0.3, -0.25) is 0 Å². The Morgan fingerprint density at radius 2 is 1.80 bits per heavy atom. The first-order chi connectivity index (χ1) is 7.00.